The number of imidazole rings is 1. The first-order valence-electron chi connectivity index (χ1n) is 9.97. The van der Waals surface area contributed by atoms with Gasteiger partial charge in [0.25, 0.3) is 12.3 Å². The molecule has 1 aliphatic rings. The highest BCUT2D eigenvalue weighted by Gasteiger charge is 2.36. The van der Waals surface area contributed by atoms with Gasteiger partial charge in [0.15, 0.2) is 0 Å². The van der Waals surface area contributed by atoms with Gasteiger partial charge in [-0.05, 0) is 24.3 Å². The van der Waals surface area contributed by atoms with Crippen molar-refractivity contribution >= 4 is 11.5 Å². The fraction of sp³-hybridized carbons (Fsp3) is 0.250. The molecule has 6 heterocycles. The lowest BCUT2D eigenvalue weighted by Gasteiger charge is -2.32. The second-order valence-electron chi connectivity index (χ2n) is 7.51. The van der Waals surface area contributed by atoms with Crippen LogP contribution >= 0.6 is 0 Å². The first kappa shape index (κ1) is 18.7. The van der Waals surface area contributed by atoms with Gasteiger partial charge in [0.2, 0.25) is 0 Å². The summed E-state index contributed by atoms with van der Waals surface area (Å²) < 4.78 is 36.2. The monoisotopic (exact) mass is 437 g/mol. The van der Waals surface area contributed by atoms with E-state index in [-0.39, 0.29) is 5.56 Å². The first-order valence-corrected chi connectivity index (χ1v) is 9.97. The zero-order valence-electron chi connectivity index (χ0n) is 16.9. The van der Waals surface area contributed by atoms with Gasteiger partial charge >= 0.3 is 6.01 Å². The van der Waals surface area contributed by atoms with Crippen LogP contribution in [0.15, 0.2) is 47.4 Å². The first-order chi connectivity index (χ1) is 15.6. The molecule has 0 saturated carbocycles. The van der Waals surface area contributed by atoms with E-state index in [1.807, 2.05) is 4.90 Å². The third-order valence-corrected chi connectivity index (χ3v) is 5.69. The molecule has 0 spiro atoms. The lowest BCUT2D eigenvalue weighted by molar-refractivity contribution is 0.152. The minimum Gasteiger partial charge on any atom is -0.402 e. The van der Waals surface area contributed by atoms with Crippen LogP contribution in [0.2, 0.25) is 0 Å². The van der Waals surface area contributed by atoms with Crippen LogP contribution in [-0.4, -0.2) is 46.1 Å². The van der Waals surface area contributed by atoms with Crippen molar-refractivity contribution in [2.45, 2.75) is 18.9 Å². The Morgan fingerprint density at radius 1 is 1.25 bits per heavy atom. The number of rotatable bonds is 4. The predicted octanol–water partition coefficient (Wildman–Crippen LogP) is 2.93. The quantitative estimate of drug-likeness (QED) is 0.461. The Morgan fingerprint density at radius 3 is 2.97 bits per heavy atom. The summed E-state index contributed by atoms with van der Waals surface area (Å²) >= 11 is 0. The third-order valence-electron chi connectivity index (χ3n) is 5.69. The van der Waals surface area contributed by atoms with E-state index in [0.29, 0.717) is 41.8 Å². The van der Waals surface area contributed by atoms with E-state index in [4.69, 9.17) is 4.42 Å². The van der Waals surface area contributed by atoms with Gasteiger partial charge in [-0.1, -0.05) is 5.10 Å². The van der Waals surface area contributed by atoms with Crippen molar-refractivity contribution in [2.24, 2.45) is 7.05 Å². The molecule has 0 amide bonds. The average molecular weight is 437 g/mol. The number of anilines is 1. The highest BCUT2D eigenvalue weighted by atomic mass is 19.3. The maximum atomic E-state index is 13.5. The fourth-order valence-electron chi connectivity index (χ4n) is 4.18. The summed E-state index contributed by atoms with van der Waals surface area (Å²) in [6.45, 7) is 0.558. The largest absolute Gasteiger partial charge is 0.402 e. The zero-order chi connectivity index (χ0) is 21.8. The maximum Gasteiger partial charge on any atom is 0.319 e. The van der Waals surface area contributed by atoms with Crippen LogP contribution in [-0.2, 0) is 13.5 Å². The highest BCUT2D eigenvalue weighted by molar-refractivity contribution is 5.58. The van der Waals surface area contributed by atoms with E-state index in [1.165, 1.54) is 10.6 Å². The Hall–Kier alpha value is -4.09. The van der Waals surface area contributed by atoms with Crippen molar-refractivity contribution in [1.29, 1.82) is 0 Å². The Kier molecular flexibility index (Phi) is 4.06. The average Bonchev–Trinajstić information content (AvgIpc) is 3.57. The van der Waals surface area contributed by atoms with Gasteiger partial charge in [-0.2, -0.15) is 10.2 Å². The van der Waals surface area contributed by atoms with Crippen molar-refractivity contribution in [1.82, 2.24) is 39.6 Å². The van der Waals surface area contributed by atoms with E-state index >= 15 is 0 Å². The summed E-state index contributed by atoms with van der Waals surface area (Å²) in [5, 5.41) is 17.1. The smallest absolute Gasteiger partial charge is 0.319 e. The molecule has 1 N–H and O–H groups in total. The molecule has 162 valence electrons. The highest BCUT2D eigenvalue weighted by Crippen LogP contribution is 2.37. The number of hydrogen-bond donors (Lipinski definition) is 1. The molecule has 1 atom stereocenters. The number of aryl methyl sites for hydroxylation is 1. The molecule has 0 saturated heterocycles. The lowest BCUT2D eigenvalue weighted by Crippen LogP contribution is -2.36. The van der Waals surface area contributed by atoms with Gasteiger partial charge in [-0.25, -0.2) is 18.3 Å². The summed E-state index contributed by atoms with van der Waals surface area (Å²) in [5.41, 5.74) is 3.23. The SMILES string of the molecule is Cn1nccc1-c1nnc(N2CCc3[nH]cnc3[C@@H]2c2cc3c(C(F)F)cccn3n2)o1. The number of alkyl halides is 2. The molecular weight excluding hydrogens is 420 g/mol. The van der Waals surface area contributed by atoms with Crippen molar-refractivity contribution in [3.63, 3.8) is 0 Å². The summed E-state index contributed by atoms with van der Waals surface area (Å²) in [6.07, 6.45) is 3.00. The maximum absolute atomic E-state index is 13.5. The lowest BCUT2D eigenvalue weighted by atomic mass is 10.00. The Labute approximate surface area is 179 Å². The molecule has 32 heavy (non-hydrogen) atoms. The molecule has 6 rings (SSSR count). The third kappa shape index (κ3) is 2.79. The minimum atomic E-state index is -2.61. The van der Waals surface area contributed by atoms with Crippen molar-refractivity contribution < 1.29 is 13.2 Å². The second kappa shape index (κ2) is 6.97. The van der Waals surface area contributed by atoms with Crippen molar-refractivity contribution in [2.75, 3.05) is 11.4 Å². The molecule has 0 fully saturated rings. The number of aromatic amines is 1. The number of pyridine rings is 1. The summed E-state index contributed by atoms with van der Waals surface area (Å²) in [6, 6.07) is 6.23. The van der Waals surface area contributed by atoms with Crippen LogP contribution in [0.25, 0.3) is 17.1 Å². The van der Waals surface area contributed by atoms with Crippen LogP contribution in [0.4, 0.5) is 14.8 Å². The van der Waals surface area contributed by atoms with Crippen LogP contribution in [0.5, 0.6) is 0 Å². The molecular formula is C20H17F2N9O. The Balaban J connectivity index is 1.47. The molecule has 10 nitrogen and oxygen atoms in total. The standard InChI is InChI=1S/C20H17F2N9O/c1-29-14(4-6-25-29)19-26-27-20(32-19)30-8-5-12-16(24-10-23-12)17(30)13-9-15-11(18(21)22)3-2-7-31(15)28-13/h2-4,6-7,9-10,17-18H,5,8H2,1H3,(H,23,24)/t17-/m0/s1. The number of hydrogen-bond acceptors (Lipinski definition) is 7. The number of nitrogens with zero attached hydrogens (tertiary/aromatic N) is 8. The van der Waals surface area contributed by atoms with Gasteiger partial charge < -0.3 is 14.3 Å². The van der Waals surface area contributed by atoms with Crippen molar-refractivity contribution in [3.05, 3.63) is 65.6 Å². The number of halogens is 2. The second-order valence-corrected chi connectivity index (χ2v) is 7.51. The van der Waals surface area contributed by atoms with E-state index in [9.17, 15) is 8.78 Å². The van der Waals surface area contributed by atoms with Crippen LogP contribution < -0.4 is 4.90 Å². The van der Waals surface area contributed by atoms with Gasteiger partial charge in [-0.3, -0.25) is 4.68 Å². The van der Waals surface area contributed by atoms with E-state index in [0.717, 1.165) is 11.4 Å². The molecule has 5 aromatic heterocycles. The topological polar surface area (TPSA) is 106 Å². The minimum absolute atomic E-state index is 0.0767. The van der Waals surface area contributed by atoms with Crippen molar-refractivity contribution in [3.8, 4) is 11.6 Å². The number of aromatic nitrogens is 8. The Bertz CT molecular complexity index is 1420. The van der Waals surface area contributed by atoms with E-state index < -0.39 is 12.5 Å². The summed E-state index contributed by atoms with van der Waals surface area (Å²) in [4.78, 5) is 9.55. The number of fused-ring (bicyclic) bond motifs is 2. The molecule has 0 aromatic carbocycles. The number of H-pyrrole nitrogens is 1. The molecule has 0 aliphatic carbocycles. The van der Waals surface area contributed by atoms with E-state index in [2.05, 4.69) is 30.4 Å². The molecule has 5 aromatic rings. The molecule has 1 aliphatic heterocycles. The van der Waals surface area contributed by atoms with E-state index in [1.54, 1.807) is 48.6 Å². The molecule has 0 radical (unpaired) electrons. The van der Waals surface area contributed by atoms with Gasteiger partial charge in [-0.15, -0.1) is 5.10 Å². The van der Waals surface area contributed by atoms with Crippen LogP contribution in [0.1, 0.15) is 35.1 Å². The van der Waals surface area contributed by atoms with Gasteiger partial charge in [0, 0.05) is 43.7 Å². The van der Waals surface area contributed by atoms with Crippen LogP contribution in [0.3, 0.4) is 0 Å². The Morgan fingerprint density at radius 2 is 2.16 bits per heavy atom. The molecule has 0 unspecified atom stereocenters. The normalized spacial score (nSPS) is 16.2. The van der Waals surface area contributed by atoms with Crippen LogP contribution in [0, 0.1) is 0 Å². The van der Waals surface area contributed by atoms with Gasteiger partial charge in [0.1, 0.15) is 11.7 Å². The molecule has 12 heteroatoms. The summed E-state index contributed by atoms with van der Waals surface area (Å²) in [7, 11) is 1.79. The van der Waals surface area contributed by atoms with Gasteiger partial charge in [0.05, 0.1) is 23.2 Å². The summed E-state index contributed by atoms with van der Waals surface area (Å²) in [5.74, 6) is 0.335. The molecule has 0 bridgehead atoms. The fourth-order valence-corrected chi connectivity index (χ4v) is 4.18. The zero-order valence-corrected chi connectivity index (χ0v) is 16.9. The predicted molar refractivity (Wildman–Crippen MR) is 108 cm³/mol. The number of nitrogens with one attached hydrogen (secondary N) is 1.